The Bertz CT molecular complexity index is 689. The molecule has 0 aliphatic carbocycles. The molecule has 0 N–H and O–H groups in total. The summed E-state index contributed by atoms with van der Waals surface area (Å²) in [7, 11) is 3.27. The third-order valence-electron chi connectivity index (χ3n) is 3.54. The van der Waals surface area contributed by atoms with Crippen LogP contribution in [0.4, 0.5) is 0 Å². The molecule has 0 fully saturated rings. The minimum absolute atomic E-state index is 0. The standard InChI is InChI=1S/C19H23O5P.Li.H/c1-5-23-25-19-16(21-3)11-15(12-17(19)22-4)24-13(2)18(20)14-9-7-6-8-10-14;;/h6-13,25H,5H2,1-4H3;;/q;+1;-1. The summed E-state index contributed by atoms with van der Waals surface area (Å²) in [5, 5.41) is 0.834. The molecule has 0 heterocycles. The van der Waals surface area contributed by atoms with Crippen LogP contribution in [0.15, 0.2) is 42.5 Å². The molecule has 5 nitrogen and oxygen atoms in total. The minimum atomic E-state index is -0.628. The predicted molar refractivity (Wildman–Crippen MR) is 101 cm³/mol. The SMILES string of the molecule is CCOPc1c(OC)cc(OC(C)C(=O)c2ccccc2)cc1OC.[H-].[Li+]. The zero-order chi connectivity index (χ0) is 18.2. The summed E-state index contributed by atoms with van der Waals surface area (Å²) < 4.78 is 22.2. The van der Waals surface area contributed by atoms with Gasteiger partial charge in [-0.15, -0.1) is 0 Å². The first-order valence-corrected chi connectivity index (χ1v) is 8.91. The Morgan fingerprint density at radius 2 is 1.69 bits per heavy atom. The van der Waals surface area contributed by atoms with Crippen molar-refractivity contribution >= 4 is 19.9 Å². The number of hydrogen-bond acceptors (Lipinski definition) is 5. The second-order valence-electron chi connectivity index (χ2n) is 5.23. The summed E-state index contributed by atoms with van der Waals surface area (Å²) in [5.74, 6) is 1.65. The number of rotatable bonds is 9. The Hall–Kier alpha value is -1.50. The fourth-order valence-corrected chi connectivity index (χ4v) is 3.13. The van der Waals surface area contributed by atoms with Gasteiger partial charge in [0.15, 0.2) is 6.10 Å². The van der Waals surface area contributed by atoms with Crippen molar-refractivity contribution in [2.75, 3.05) is 20.8 Å². The monoisotopic (exact) mass is 370 g/mol. The van der Waals surface area contributed by atoms with E-state index in [0.29, 0.717) is 29.4 Å². The van der Waals surface area contributed by atoms with E-state index in [1.807, 2.05) is 25.1 Å². The van der Waals surface area contributed by atoms with E-state index in [1.54, 1.807) is 45.4 Å². The van der Waals surface area contributed by atoms with Crippen molar-refractivity contribution in [3.05, 3.63) is 48.0 Å². The van der Waals surface area contributed by atoms with Gasteiger partial charge < -0.3 is 20.2 Å². The molecular formula is C19H24LiO5P. The van der Waals surface area contributed by atoms with Gasteiger partial charge in [-0.3, -0.25) is 4.79 Å². The van der Waals surface area contributed by atoms with Crippen molar-refractivity contribution in [3.63, 3.8) is 0 Å². The van der Waals surface area contributed by atoms with Crippen molar-refractivity contribution < 1.29 is 43.8 Å². The van der Waals surface area contributed by atoms with Gasteiger partial charge in [-0.25, -0.2) is 0 Å². The van der Waals surface area contributed by atoms with Crippen LogP contribution in [0.5, 0.6) is 17.2 Å². The molecule has 2 atom stereocenters. The van der Waals surface area contributed by atoms with E-state index in [1.165, 1.54) is 0 Å². The maximum absolute atomic E-state index is 12.5. The fourth-order valence-electron chi connectivity index (χ4n) is 2.30. The first-order chi connectivity index (χ1) is 12.1. The van der Waals surface area contributed by atoms with Gasteiger partial charge in [-0.2, -0.15) is 0 Å². The van der Waals surface area contributed by atoms with Crippen LogP contribution in [0, 0.1) is 0 Å². The van der Waals surface area contributed by atoms with Gasteiger partial charge in [0.1, 0.15) is 17.2 Å². The molecule has 136 valence electrons. The second-order valence-corrected chi connectivity index (χ2v) is 6.22. The summed E-state index contributed by atoms with van der Waals surface area (Å²) in [6.45, 7) is 4.26. The van der Waals surface area contributed by atoms with Gasteiger partial charge in [-0.05, 0) is 13.8 Å². The van der Waals surface area contributed by atoms with E-state index in [4.69, 9.17) is 18.7 Å². The Labute approximate surface area is 169 Å². The first-order valence-electron chi connectivity index (χ1n) is 8.00. The molecule has 0 aliphatic rings. The Morgan fingerprint density at radius 1 is 1.12 bits per heavy atom. The van der Waals surface area contributed by atoms with Crippen molar-refractivity contribution in [3.8, 4) is 17.2 Å². The smallest absolute Gasteiger partial charge is 1.00 e. The second kappa shape index (κ2) is 11.3. The number of ketones is 1. The number of carbonyl (C=O) groups excluding carboxylic acids is 1. The molecule has 0 aliphatic heterocycles. The van der Waals surface area contributed by atoms with E-state index in [2.05, 4.69) is 0 Å². The Morgan fingerprint density at radius 3 is 2.19 bits per heavy atom. The van der Waals surface area contributed by atoms with E-state index in [-0.39, 0.29) is 34.9 Å². The van der Waals surface area contributed by atoms with Crippen molar-refractivity contribution in [2.24, 2.45) is 0 Å². The van der Waals surface area contributed by atoms with Crippen LogP contribution >= 0.6 is 8.81 Å². The summed E-state index contributed by atoms with van der Waals surface area (Å²) in [4.78, 5) is 12.5. The molecule has 7 heteroatoms. The molecule has 0 saturated carbocycles. The van der Waals surface area contributed by atoms with Crippen LogP contribution in [-0.4, -0.2) is 32.7 Å². The minimum Gasteiger partial charge on any atom is -1.00 e. The number of carbonyl (C=O) groups is 1. The van der Waals surface area contributed by atoms with E-state index >= 15 is 0 Å². The molecule has 2 rings (SSSR count). The number of methoxy groups -OCH3 is 2. The van der Waals surface area contributed by atoms with Gasteiger partial charge in [0.2, 0.25) is 5.78 Å². The molecule has 0 amide bonds. The zero-order valence-corrected chi connectivity index (χ0v) is 16.9. The molecule has 0 bridgehead atoms. The van der Waals surface area contributed by atoms with Crippen molar-refractivity contribution in [2.45, 2.75) is 20.0 Å². The zero-order valence-electron chi connectivity index (χ0n) is 16.9. The third-order valence-corrected chi connectivity index (χ3v) is 4.67. The van der Waals surface area contributed by atoms with E-state index in [9.17, 15) is 4.79 Å². The van der Waals surface area contributed by atoms with Crippen LogP contribution in [-0.2, 0) is 4.52 Å². The Balaban J connectivity index is 0.00000338. The molecule has 2 aromatic carbocycles. The molecule has 0 aromatic heterocycles. The van der Waals surface area contributed by atoms with Crippen LogP contribution in [0.1, 0.15) is 25.6 Å². The summed E-state index contributed by atoms with van der Waals surface area (Å²) in [6, 6.07) is 12.6. The van der Waals surface area contributed by atoms with Gasteiger partial charge in [0, 0.05) is 24.3 Å². The number of hydrogen-bond donors (Lipinski definition) is 0. The van der Waals surface area contributed by atoms with Crippen molar-refractivity contribution in [1.29, 1.82) is 0 Å². The normalized spacial score (nSPS) is 11.7. The number of benzene rings is 2. The largest absolute Gasteiger partial charge is 1.00 e. The quantitative estimate of drug-likeness (QED) is 0.370. The van der Waals surface area contributed by atoms with Gasteiger partial charge >= 0.3 is 18.9 Å². The summed E-state index contributed by atoms with van der Waals surface area (Å²) in [5.41, 5.74) is 0.614. The van der Waals surface area contributed by atoms with E-state index < -0.39 is 6.10 Å². The maximum Gasteiger partial charge on any atom is 1.00 e. The van der Waals surface area contributed by atoms with Crippen LogP contribution in [0.2, 0.25) is 0 Å². The third kappa shape index (κ3) is 5.76. The van der Waals surface area contributed by atoms with Crippen molar-refractivity contribution in [1.82, 2.24) is 0 Å². The molecule has 0 spiro atoms. The number of Topliss-reactive ketones (excluding diaryl/α,β-unsaturated/α-hetero) is 1. The van der Waals surface area contributed by atoms with Gasteiger partial charge in [-0.1, -0.05) is 30.3 Å². The van der Waals surface area contributed by atoms with E-state index in [0.717, 1.165) is 5.30 Å². The molecule has 2 aromatic rings. The molecular weight excluding hydrogens is 346 g/mol. The average Bonchev–Trinajstić information content (AvgIpc) is 2.66. The first kappa shape index (κ1) is 22.5. The number of ether oxygens (including phenoxy) is 3. The van der Waals surface area contributed by atoms with Crippen LogP contribution < -0.4 is 38.4 Å². The summed E-state index contributed by atoms with van der Waals surface area (Å²) in [6.07, 6.45) is -0.628. The van der Waals surface area contributed by atoms with Crippen LogP contribution in [0.25, 0.3) is 0 Å². The fraction of sp³-hybridized carbons (Fsp3) is 0.316. The maximum atomic E-state index is 12.5. The van der Waals surface area contributed by atoms with Crippen LogP contribution in [0.3, 0.4) is 0 Å². The van der Waals surface area contributed by atoms with Gasteiger partial charge in [0.25, 0.3) is 0 Å². The molecule has 0 radical (unpaired) electrons. The molecule has 26 heavy (non-hydrogen) atoms. The summed E-state index contributed by atoms with van der Waals surface area (Å²) >= 11 is 0. The molecule has 0 saturated heterocycles. The average molecular weight is 370 g/mol. The van der Waals surface area contributed by atoms with Gasteiger partial charge in [0.05, 0.1) is 28.3 Å². The molecule has 2 unspecified atom stereocenters. The predicted octanol–water partition coefficient (Wildman–Crippen LogP) is 0.726. The Kier molecular flexibility index (Phi) is 9.76. The topological polar surface area (TPSA) is 54.0 Å².